The van der Waals surface area contributed by atoms with Crippen LogP contribution in [0.4, 0.5) is 10.5 Å². The van der Waals surface area contributed by atoms with Crippen LogP contribution in [0, 0.1) is 0 Å². The molecule has 5 rings (SSSR count). The van der Waals surface area contributed by atoms with Gasteiger partial charge in [0.25, 0.3) is 5.91 Å². The van der Waals surface area contributed by atoms with Gasteiger partial charge in [0.05, 0.1) is 18.9 Å². The number of hydrogen-bond acceptors (Lipinski definition) is 6. The van der Waals surface area contributed by atoms with E-state index >= 15 is 0 Å². The van der Waals surface area contributed by atoms with Gasteiger partial charge in [0, 0.05) is 17.5 Å². The van der Waals surface area contributed by atoms with Crippen LogP contribution in [0.15, 0.2) is 72.8 Å². The van der Waals surface area contributed by atoms with Gasteiger partial charge in [0.15, 0.2) is 17.3 Å². The second-order valence-corrected chi connectivity index (χ2v) is 8.95. The molecule has 9 nitrogen and oxygen atoms in total. The summed E-state index contributed by atoms with van der Waals surface area (Å²) in [6.07, 6.45) is 0.736. The van der Waals surface area contributed by atoms with Crippen molar-refractivity contribution < 1.29 is 28.7 Å². The highest BCUT2D eigenvalue weighted by molar-refractivity contribution is 6.15. The predicted octanol–water partition coefficient (Wildman–Crippen LogP) is 3.48. The smallest absolute Gasteiger partial charge is 0.325 e. The summed E-state index contributed by atoms with van der Waals surface area (Å²) in [5, 5.41) is 5.37. The lowest BCUT2D eigenvalue weighted by molar-refractivity contribution is -0.133. The van der Waals surface area contributed by atoms with Crippen molar-refractivity contribution in [2.24, 2.45) is 0 Å². The molecular weight excluding hydrogens is 474 g/mol. The molecule has 1 atom stereocenters. The Balaban J connectivity index is 1.32. The maximum atomic E-state index is 13.4. The van der Waals surface area contributed by atoms with Gasteiger partial charge in [0.1, 0.15) is 12.1 Å². The van der Waals surface area contributed by atoms with Gasteiger partial charge >= 0.3 is 6.03 Å². The number of hydrogen-bond donors (Lipinski definition) is 2. The van der Waals surface area contributed by atoms with E-state index in [1.807, 2.05) is 6.07 Å². The van der Waals surface area contributed by atoms with Crippen molar-refractivity contribution in [1.82, 2.24) is 10.2 Å². The first-order chi connectivity index (χ1) is 17.9. The SMILES string of the molecule is C[C@@]1(c2ccc3c(c2)OCCCO3)NC(=O)N(CC(=O)Nc2ccccc2C(=O)c2ccccc2)C1=O. The van der Waals surface area contributed by atoms with Crippen LogP contribution in [0.25, 0.3) is 0 Å². The second-order valence-electron chi connectivity index (χ2n) is 8.95. The number of benzene rings is 3. The molecule has 0 spiro atoms. The molecule has 0 unspecified atom stereocenters. The first-order valence-electron chi connectivity index (χ1n) is 11.9. The number of ether oxygens (including phenoxy) is 2. The summed E-state index contributed by atoms with van der Waals surface area (Å²) in [4.78, 5) is 52.9. The van der Waals surface area contributed by atoms with Gasteiger partial charge in [-0.05, 0) is 36.8 Å². The van der Waals surface area contributed by atoms with Gasteiger partial charge in [-0.25, -0.2) is 4.79 Å². The van der Waals surface area contributed by atoms with E-state index in [-0.39, 0.29) is 5.78 Å². The number of anilines is 1. The van der Waals surface area contributed by atoms with Crippen LogP contribution in [-0.4, -0.2) is 48.3 Å². The summed E-state index contributed by atoms with van der Waals surface area (Å²) in [5.74, 6) is -0.375. The maximum absolute atomic E-state index is 13.4. The van der Waals surface area contributed by atoms with Crippen molar-refractivity contribution in [1.29, 1.82) is 0 Å². The Morgan fingerprint density at radius 1 is 0.946 bits per heavy atom. The molecule has 0 radical (unpaired) electrons. The van der Waals surface area contributed by atoms with Crippen LogP contribution in [0.2, 0.25) is 0 Å². The molecule has 2 aliphatic rings. The molecular formula is C28H25N3O6. The van der Waals surface area contributed by atoms with Gasteiger partial charge in [-0.1, -0.05) is 48.5 Å². The number of nitrogens with one attached hydrogen (secondary N) is 2. The Bertz CT molecular complexity index is 1390. The topological polar surface area (TPSA) is 114 Å². The molecule has 9 heteroatoms. The molecule has 2 heterocycles. The predicted molar refractivity (Wildman–Crippen MR) is 135 cm³/mol. The molecule has 3 aromatic rings. The molecule has 2 N–H and O–H groups in total. The average molecular weight is 500 g/mol. The molecule has 0 aliphatic carbocycles. The highest BCUT2D eigenvalue weighted by atomic mass is 16.5. The Hall–Kier alpha value is -4.66. The number of para-hydroxylation sites is 1. The van der Waals surface area contributed by atoms with E-state index in [9.17, 15) is 19.2 Å². The monoisotopic (exact) mass is 499 g/mol. The fraction of sp³-hybridized carbons (Fsp3) is 0.214. The van der Waals surface area contributed by atoms with Crippen molar-refractivity contribution >= 4 is 29.3 Å². The molecule has 3 aromatic carbocycles. The molecule has 0 bridgehead atoms. The number of urea groups is 1. The van der Waals surface area contributed by atoms with Gasteiger partial charge in [-0.3, -0.25) is 19.3 Å². The Morgan fingerprint density at radius 3 is 2.43 bits per heavy atom. The highest BCUT2D eigenvalue weighted by Gasteiger charge is 2.49. The molecule has 0 saturated carbocycles. The number of rotatable bonds is 6. The first-order valence-corrected chi connectivity index (χ1v) is 11.9. The quantitative estimate of drug-likeness (QED) is 0.397. The zero-order chi connectivity index (χ0) is 26.0. The lowest BCUT2D eigenvalue weighted by Crippen LogP contribution is -2.42. The normalized spacial score (nSPS) is 18.7. The molecule has 37 heavy (non-hydrogen) atoms. The van der Waals surface area contributed by atoms with E-state index in [4.69, 9.17) is 9.47 Å². The van der Waals surface area contributed by atoms with Gasteiger partial charge in [-0.15, -0.1) is 0 Å². The largest absolute Gasteiger partial charge is 0.490 e. The summed E-state index contributed by atoms with van der Waals surface area (Å²) in [6.45, 7) is 2.08. The fourth-order valence-corrected chi connectivity index (χ4v) is 4.38. The zero-order valence-electron chi connectivity index (χ0n) is 20.2. The molecule has 188 valence electrons. The number of fused-ring (bicyclic) bond motifs is 1. The van der Waals surface area contributed by atoms with E-state index in [0.29, 0.717) is 47.1 Å². The van der Waals surface area contributed by atoms with Gasteiger partial charge < -0.3 is 20.1 Å². The minimum Gasteiger partial charge on any atom is -0.490 e. The number of imide groups is 1. The van der Waals surface area contributed by atoms with Crippen molar-refractivity contribution in [3.8, 4) is 11.5 Å². The Morgan fingerprint density at radius 2 is 1.65 bits per heavy atom. The third kappa shape index (κ3) is 4.63. The summed E-state index contributed by atoms with van der Waals surface area (Å²) in [5.41, 5.74) is 0.194. The van der Waals surface area contributed by atoms with E-state index in [2.05, 4.69) is 10.6 Å². The van der Waals surface area contributed by atoms with Crippen LogP contribution in [0.3, 0.4) is 0 Å². The highest BCUT2D eigenvalue weighted by Crippen LogP contribution is 2.36. The van der Waals surface area contributed by atoms with Crippen LogP contribution >= 0.6 is 0 Å². The number of nitrogens with zero attached hydrogens (tertiary/aromatic N) is 1. The standard InChI is InChI=1S/C28H25N3O6/c1-28(19-12-13-22-23(16-19)37-15-7-14-36-22)26(34)31(27(35)30-28)17-24(32)29-21-11-6-5-10-20(21)25(33)18-8-3-2-4-9-18/h2-6,8-13,16H,7,14-15,17H2,1H3,(H,29,32)(H,30,35)/t28-/m0/s1. The molecule has 1 fully saturated rings. The summed E-state index contributed by atoms with van der Waals surface area (Å²) in [7, 11) is 0. The van der Waals surface area contributed by atoms with E-state index < -0.39 is 29.9 Å². The molecule has 0 aromatic heterocycles. The average Bonchev–Trinajstić information content (AvgIpc) is 3.06. The third-order valence-corrected chi connectivity index (χ3v) is 6.38. The molecule has 1 saturated heterocycles. The zero-order valence-corrected chi connectivity index (χ0v) is 20.2. The Kier molecular flexibility index (Phi) is 6.35. The number of amides is 4. The van der Waals surface area contributed by atoms with Crippen LogP contribution in [0.1, 0.15) is 34.8 Å². The number of carbonyl (C=O) groups is 4. The summed E-state index contributed by atoms with van der Waals surface area (Å²) >= 11 is 0. The van der Waals surface area contributed by atoms with Gasteiger partial charge in [-0.2, -0.15) is 0 Å². The second kappa shape index (κ2) is 9.77. The lowest BCUT2D eigenvalue weighted by atomic mass is 9.91. The van der Waals surface area contributed by atoms with E-state index in [0.717, 1.165) is 11.3 Å². The maximum Gasteiger partial charge on any atom is 0.325 e. The first kappa shape index (κ1) is 24.1. The minimum absolute atomic E-state index is 0.256. The van der Waals surface area contributed by atoms with Gasteiger partial charge in [0.2, 0.25) is 5.91 Å². The van der Waals surface area contributed by atoms with Crippen molar-refractivity contribution in [3.05, 3.63) is 89.5 Å². The third-order valence-electron chi connectivity index (χ3n) is 6.38. The van der Waals surface area contributed by atoms with Crippen molar-refractivity contribution in [2.45, 2.75) is 18.9 Å². The van der Waals surface area contributed by atoms with Crippen molar-refractivity contribution in [3.63, 3.8) is 0 Å². The van der Waals surface area contributed by atoms with Crippen molar-refractivity contribution in [2.75, 3.05) is 25.1 Å². The number of carbonyl (C=O) groups excluding carboxylic acids is 4. The van der Waals surface area contributed by atoms with E-state index in [1.54, 1.807) is 73.7 Å². The van der Waals surface area contributed by atoms with E-state index in [1.165, 1.54) is 0 Å². The van der Waals surface area contributed by atoms with Crippen LogP contribution in [0.5, 0.6) is 11.5 Å². The minimum atomic E-state index is -1.39. The lowest BCUT2D eigenvalue weighted by Gasteiger charge is -2.23. The molecule has 4 amide bonds. The fourth-order valence-electron chi connectivity index (χ4n) is 4.38. The molecule has 2 aliphatic heterocycles. The summed E-state index contributed by atoms with van der Waals surface area (Å²) < 4.78 is 11.4. The Labute approximate surface area is 213 Å². The summed E-state index contributed by atoms with van der Waals surface area (Å²) in [6, 6.07) is 19.7. The van der Waals surface area contributed by atoms with Crippen LogP contribution < -0.4 is 20.1 Å². The number of ketones is 1. The van der Waals surface area contributed by atoms with Crippen LogP contribution in [-0.2, 0) is 15.1 Å².